The van der Waals surface area contributed by atoms with Gasteiger partial charge in [0.05, 0.1) is 5.69 Å². The minimum absolute atomic E-state index is 0.0238. The van der Waals surface area contributed by atoms with E-state index in [-0.39, 0.29) is 23.6 Å². The highest BCUT2D eigenvalue weighted by Gasteiger charge is 2.15. The Morgan fingerprint density at radius 2 is 1.96 bits per heavy atom. The Labute approximate surface area is 159 Å². The van der Waals surface area contributed by atoms with Crippen molar-refractivity contribution in [3.8, 4) is 17.0 Å². The molecule has 0 amide bonds. The Bertz CT molecular complexity index is 1220. The maximum Gasteiger partial charge on any atom is 0.356 e. The van der Waals surface area contributed by atoms with Crippen LogP contribution in [0, 0.1) is 6.92 Å². The summed E-state index contributed by atoms with van der Waals surface area (Å²) >= 11 is 0. The van der Waals surface area contributed by atoms with Gasteiger partial charge in [-0.25, -0.2) is 9.59 Å². The zero-order chi connectivity index (χ0) is 19.7. The van der Waals surface area contributed by atoms with E-state index in [1.807, 2.05) is 30.3 Å². The molecule has 28 heavy (non-hydrogen) atoms. The molecule has 4 rings (SSSR count). The molecule has 0 aliphatic carbocycles. The summed E-state index contributed by atoms with van der Waals surface area (Å²) in [5.41, 5.74) is 2.34. The molecule has 2 heterocycles. The second kappa shape index (κ2) is 7.03. The van der Waals surface area contributed by atoms with Gasteiger partial charge in [0.1, 0.15) is 23.6 Å². The minimum Gasteiger partial charge on any atom is -0.508 e. The fourth-order valence-electron chi connectivity index (χ4n) is 2.94. The van der Waals surface area contributed by atoms with Crippen LogP contribution in [0.4, 0.5) is 0 Å². The van der Waals surface area contributed by atoms with Gasteiger partial charge in [-0.15, -0.1) is 0 Å². The summed E-state index contributed by atoms with van der Waals surface area (Å²) in [4.78, 5) is 24.2. The topological polar surface area (TPSA) is 105 Å². The van der Waals surface area contributed by atoms with E-state index in [0.29, 0.717) is 22.2 Å². The molecule has 140 valence electrons. The Morgan fingerprint density at radius 1 is 1.18 bits per heavy atom. The number of hydrogen-bond donors (Lipinski definition) is 2. The van der Waals surface area contributed by atoms with Gasteiger partial charge in [-0.3, -0.25) is 5.10 Å². The molecular weight excluding hydrogens is 360 g/mol. The highest BCUT2D eigenvalue weighted by molar-refractivity contribution is 5.89. The summed E-state index contributed by atoms with van der Waals surface area (Å²) in [6.45, 7) is 1.52. The summed E-state index contributed by atoms with van der Waals surface area (Å²) in [6, 6.07) is 15.4. The molecule has 2 N–H and O–H groups in total. The van der Waals surface area contributed by atoms with Crippen LogP contribution in [0.3, 0.4) is 0 Å². The number of benzene rings is 2. The van der Waals surface area contributed by atoms with E-state index >= 15 is 0 Å². The van der Waals surface area contributed by atoms with Crippen molar-refractivity contribution in [2.75, 3.05) is 0 Å². The van der Waals surface area contributed by atoms with Crippen molar-refractivity contribution in [3.05, 3.63) is 81.8 Å². The van der Waals surface area contributed by atoms with Crippen molar-refractivity contribution in [1.82, 2.24) is 10.2 Å². The van der Waals surface area contributed by atoms with Crippen LogP contribution in [0.15, 0.2) is 63.8 Å². The summed E-state index contributed by atoms with van der Waals surface area (Å²) in [5.74, 6) is -0.567. The number of carbonyl (C=O) groups is 1. The smallest absolute Gasteiger partial charge is 0.356 e. The van der Waals surface area contributed by atoms with Crippen molar-refractivity contribution < 1.29 is 19.1 Å². The lowest BCUT2D eigenvalue weighted by molar-refractivity contribution is 0.0467. The van der Waals surface area contributed by atoms with Gasteiger partial charge >= 0.3 is 11.6 Å². The third-order valence-corrected chi connectivity index (χ3v) is 4.44. The lowest BCUT2D eigenvalue weighted by Crippen LogP contribution is -2.08. The number of phenolic OH excluding ortho intramolecular Hbond substituents is 1. The number of nitrogens with one attached hydrogen (secondary N) is 1. The Balaban J connectivity index is 1.57. The fraction of sp³-hybridized carbons (Fsp3) is 0.0952. The van der Waals surface area contributed by atoms with Gasteiger partial charge < -0.3 is 14.3 Å². The molecule has 7 nitrogen and oxygen atoms in total. The Hall–Kier alpha value is -3.87. The first-order chi connectivity index (χ1) is 13.5. The van der Waals surface area contributed by atoms with E-state index in [9.17, 15) is 14.7 Å². The fourth-order valence-corrected chi connectivity index (χ4v) is 2.94. The first-order valence-electron chi connectivity index (χ1n) is 8.56. The van der Waals surface area contributed by atoms with Crippen LogP contribution < -0.4 is 5.63 Å². The number of ether oxygens (including phenoxy) is 1. The summed E-state index contributed by atoms with van der Waals surface area (Å²) in [7, 11) is 0. The van der Waals surface area contributed by atoms with Crippen LogP contribution in [-0.2, 0) is 11.3 Å². The molecule has 0 bridgehead atoms. The Morgan fingerprint density at radius 3 is 2.75 bits per heavy atom. The molecule has 0 unspecified atom stereocenters. The molecule has 4 aromatic rings. The van der Waals surface area contributed by atoms with Gasteiger partial charge in [0.15, 0.2) is 0 Å². The van der Waals surface area contributed by atoms with Crippen molar-refractivity contribution in [3.63, 3.8) is 0 Å². The van der Waals surface area contributed by atoms with Gasteiger partial charge in [-0.05, 0) is 25.1 Å². The third-order valence-electron chi connectivity index (χ3n) is 4.44. The van der Waals surface area contributed by atoms with Crippen LogP contribution in [0.2, 0.25) is 0 Å². The van der Waals surface area contributed by atoms with E-state index in [1.165, 1.54) is 12.1 Å². The van der Waals surface area contributed by atoms with Gasteiger partial charge in [0.2, 0.25) is 0 Å². The normalized spacial score (nSPS) is 10.9. The largest absolute Gasteiger partial charge is 0.508 e. The Kier molecular flexibility index (Phi) is 4.41. The van der Waals surface area contributed by atoms with Crippen LogP contribution >= 0.6 is 0 Å². The number of H-pyrrole nitrogens is 1. The number of aromatic amines is 1. The highest BCUT2D eigenvalue weighted by Crippen LogP contribution is 2.27. The van der Waals surface area contributed by atoms with E-state index in [0.717, 1.165) is 5.56 Å². The van der Waals surface area contributed by atoms with E-state index in [2.05, 4.69) is 10.2 Å². The SMILES string of the molecule is Cc1c(O)ccc2c(COC(=O)c3cc(-c4ccccc4)n[nH]3)cc(=O)oc12. The van der Waals surface area contributed by atoms with Gasteiger partial charge in [0.25, 0.3) is 0 Å². The summed E-state index contributed by atoms with van der Waals surface area (Å²) in [5, 5.41) is 17.2. The van der Waals surface area contributed by atoms with Crippen LogP contribution in [-0.4, -0.2) is 21.3 Å². The quantitative estimate of drug-likeness (QED) is 0.417. The number of phenols is 1. The van der Waals surface area contributed by atoms with Crippen LogP contribution in [0.5, 0.6) is 5.75 Å². The van der Waals surface area contributed by atoms with E-state index in [4.69, 9.17) is 9.15 Å². The second-order valence-electron chi connectivity index (χ2n) is 6.29. The lowest BCUT2D eigenvalue weighted by Gasteiger charge is -2.08. The van der Waals surface area contributed by atoms with Crippen molar-refractivity contribution >= 4 is 16.9 Å². The molecular formula is C21H16N2O5. The number of hydrogen-bond acceptors (Lipinski definition) is 6. The maximum atomic E-state index is 12.4. The lowest BCUT2D eigenvalue weighted by atomic mass is 10.1. The zero-order valence-corrected chi connectivity index (χ0v) is 14.9. The number of carbonyl (C=O) groups excluding carboxylic acids is 1. The van der Waals surface area contributed by atoms with Crippen LogP contribution in [0.25, 0.3) is 22.2 Å². The molecule has 0 aliphatic heterocycles. The first kappa shape index (κ1) is 17.5. The number of nitrogens with zero attached hydrogens (tertiary/aromatic N) is 1. The average Bonchev–Trinajstić information content (AvgIpc) is 3.20. The van der Waals surface area contributed by atoms with Crippen molar-refractivity contribution in [2.45, 2.75) is 13.5 Å². The van der Waals surface area contributed by atoms with Gasteiger partial charge in [0, 0.05) is 28.1 Å². The number of esters is 1. The third kappa shape index (κ3) is 3.25. The minimum atomic E-state index is -0.591. The van der Waals surface area contributed by atoms with E-state index in [1.54, 1.807) is 19.1 Å². The second-order valence-corrected chi connectivity index (χ2v) is 6.29. The number of rotatable bonds is 4. The standard InChI is InChI=1S/C21H16N2O5/c1-12-18(24)8-7-15-14(9-19(25)28-20(12)15)11-27-21(26)17-10-16(22-23-17)13-5-3-2-4-6-13/h2-10,24H,11H2,1H3,(H,22,23). The highest BCUT2D eigenvalue weighted by atomic mass is 16.5. The monoisotopic (exact) mass is 376 g/mol. The maximum absolute atomic E-state index is 12.4. The molecule has 0 atom stereocenters. The number of aromatic hydroxyl groups is 1. The van der Waals surface area contributed by atoms with Gasteiger partial charge in [-0.1, -0.05) is 30.3 Å². The molecule has 0 spiro atoms. The summed E-state index contributed by atoms with van der Waals surface area (Å²) < 4.78 is 10.5. The van der Waals surface area contributed by atoms with Crippen molar-refractivity contribution in [1.29, 1.82) is 0 Å². The van der Waals surface area contributed by atoms with Crippen LogP contribution in [0.1, 0.15) is 21.6 Å². The molecule has 0 fully saturated rings. The zero-order valence-electron chi connectivity index (χ0n) is 14.9. The molecule has 2 aromatic heterocycles. The van der Waals surface area contributed by atoms with Gasteiger partial charge in [-0.2, -0.15) is 5.10 Å². The number of fused-ring (bicyclic) bond motifs is 1. The molecule has 0 radical (unpaired) electrons. The molecule has 0 saturated carbocycles. The predicted octanol–water partition coefficient (Wildman–Crippen LogP) is 3.55. The molecule has 2 aromatic carbocycles. The summed E-state index contributed by atoms with van der Waals surface area (Å²) in [6.07, 6.45) is 0. The first-order valence-corrected chi connectivity index (χ1v) is 8.56. The van der Waals surface area contributed by atoms with Crippen molar-refractivity contribution in [2.24, 2.45) is 0 Å². The van der Waals surface area contributed by atoms with E-state index < -0.39 is 11.6 Å². The number of aryl methyl sites for hydroxylation is 1. The average molecular weight is 376 g/mol. The predicted molar refractivity (Wildman–Crippen MR) is 102 cm³/mol. The molecule has 0 aliphatic rings. The number of aromatic nitrogens is 2. The molecule has 7 heteroatoms. The molecule has 0 saturated heterocycles.